The molecule has 1 aliphatic rings. The predicted octanol–water partition coefficient (Wildman–Crippen LogP) is 3.25. The number of aryl methyl sites for hydroxylation is 1. The van der Waals surface area contributed by atoms with Crippen molar-refractivity contribution in [1.82, 2.24) is 19.9 Å². The van der Waals surface area contributed by atoms with E-state index in [0.29, 0.717) is 12.2 Å². The molecule has 3 heterocycles. The molecule has 3 rings (SSSR count). The summed E-state index contributed by atoms with van der Waals surface area (Å²) in [5.74, 6) is 1.54. The van der Waals surface area contributed by atoms with Crippen LogP contribution in [0.2, 0.25) is 0 Å². The first-order chi connectivity index (χ1) is 13.8. The third-order valence-electron chi connectivity index (χ3n) is 4.96. The number of anilines is 1. The zero-order valence-electron chi connectivity index (χ0n) is 16.7. The number of alkyl halides is 3. The highest BCUT2D eigenvalue weighted by Gasteiger charge is 2.27. The molecule has 9 heteroatoms. The number of nitrogens with zero attached hydrogens (tertiary/aromatic N) is 5. The van der Waals surface area contributed by atoms with Crippen LogP contribution < -0.4 is 4.90 Å². The first kappa shape index (κ1) is 21.4. The van der Waals surface area contributed by atoms with Crippen molar-refractivity contribution in [3.63, 3.8) is 0 Å². The van der Waals surface area contributed by atoms with Crippen LogP contribution in [0.3, 0.4) is 0 Å². The van der Waals surface area contributed by atoms with Gasteiger partial charge in [0.15, 0.2) is 5.82 Å². The van der Waals surface area contributed by atoms with E-state index in [2.05, 4.69) is 24.5 Å². The van der Waals surface area contributed by atoms with Crippen LogP contribution in [-0.4, -0.2) is 72.0 Å². The average molecular weight is 409 g/mol. The van der Waals surface area contributed by atoms with Crippen molar-refractivity contribution < 1.29 is 17.9 Å². The Balaban J connectivity index is 1.55. The second-order valence-corrected chi connectivity index (χ2v) is 7.15. The van der Waals surface area contributed by atoms with Crippen LogP contribution in [0, 0.1) is 13.8 Å². The lowest BCUT2D eigenvalue weighted by atomic mass is 10.2. The van der Waals surface area contributed by atoms with E-state index in [4.69, 9.17) is 4.98 Å². The van der Waals surface area contributed by atoms with Crippen LogP contribution in [0.1, 0.15) is 17.7 Å². The number of ether oxygens (including phenoxy) is 1. The molecule has 0 bridgehead atoms. The Kier molecular flexibility index (Phi) is 7.02. The van der Waals surface area contributed by atoms with E-state index in [1.54, 1.807) is 6.20 Å². The molecule has 2 aromatic rings. The minimum Gasteiger partial charge on any atom is -0.372 e. The second-order valence-electron chi connectivity index (χ2n) is 7.15. The molecule has 0 amide bonds. The van der Waals surface area contributed by atoms with Crippen LogP contribution in [0.25, 0.3) is 11.5 Å². The van der Waals surface area contributed by atoms with Gasteiger partial charge in [-0.3, -0.25) is 9.88 Å². The molecule has 158 valence electrons. The van der Waals surface area contributed by atoms with E-state index < -0.39 is 12.8 Å². The number of aromatic nitrogens is 3. The lowest BCUT2D eigenvalue weighted by Gasteiger charge is -2.36. The topological polar surface area (TPSA) is 54.4 Å². The van der Waals surface area contributed by atoms with Crippen LogP contribution in [0.15, 0.2) is 24.4 Å². The summed E-state index contributed by atoms with van der Waals surface area (Å²) in [7, 11) is 0. The first-order valence-electron chi connectivity index (χ1n) is 9.72. The summed E-state index contributed by atoms with van der Waals surface area (Å²) >= 11 is 0. The van der Waals surface area contributed by atoms with Crippen molar-refractivity contribution in [3.8, 4) is 11.5 Å². The molecule has 1 fully saturated rings. The lowest BCUT2D eigenvalue weighted by Crippen LogP contribution is -2.47. The summed E-state index contributed by atoms with van der Waals surface area (Å²) in [5.41, 5.74) is 2.73. The fraction of sp³-hybridized carbons (Fsp3) is 0.550. The van der Waals surface area contributed by atoms with Crippen molar-refractivity contribution in [1.29, 1.82) is 0 Å². The molecule has 0 aromatic carbocycles. The van der Waals surface area contributed by atoms with E-state index in [-0.39, 0.29) is 6.61 Å². The maximum Gasteiger partial charge on any atom is 0.411 e. The number of hydrogen-bond donors (Lipinski definition) is 0. The minimum atomic E-state index is -4.26. The standard InChI is InChI=1S/C20H26F3N5O/c1-15-16(2)25-18(17-6-3-4-7-24-17)26-19(15)28-11-9-27(10-12-28)8-5-13-29-14-20(21,22)23/h3-4,6-7H,5,8-14H2,1-2H3. The fourth-order valence-electron chi connectivity index (χ4n) is 3.29. The first-order valence-corrected chi connectivity index (χ1v) is 9.72. The van der Waals surface area contributed by atoms with Crippen LogP contribution in [-0.2, 0) is 4.74 Å². The Bertz CT molecular complexity index is 793. The fourth-order valence-corrected chi connectivity index (χ4v) is 3.29. The van der Waals surface area contributed by atoms with Gasteiger partial charge in [-0.2, -0.15) is 13.2 Å². The number of pyridine rings is 1. The van der Waals surface area contributed by atoms with E-state index in [1.807, 2.05) is 32.0 Å². The van der Waals surface area contributed by atoms with Gasteiger partial charge >= 0.3 is 6.18 Å². The molecule has 1 saturated heterocycles. The molecule has 0 N–H and O–H groups in total. The van der Waals surface area contributed by atoms with Crippen LogP contribution >= 0.6 is 0 Å². The highest BCUT2D eigenvalue weighted by Crippen LogP contribution is 2.24. The van der Waals surface area contributed by atoms with E-state index in [0.717, 1.165) is 55.5 Å². The smallest absolute Gasteiger partial charge is 0.372 e. The molecule has 0 radical (unpaired) electrons. The highest BCUT2D eigenvalue weighted by molar-refractivity contribution is 5.57. The number of piperazine rings is 1. The van der Waals surface area contributed by atoms with Crippen LogP contribution in [0.4, 0.5) is 19.0 Å². The van der Waals surface area contributed by atoms with Gasteiger partial charge in [0, 0.05) is 56.8 Å². The maximum absolute atomic E-state index is 12.1. The summed E-state index contributed by atoms with van der Waals surface area (Å²) in [6.45, 7) is 6.96. The van der Waals surface area contributed by atoms with Gasteiger partial charge in [0.1, 0.15) is 18.1 Å². The number of hydrogen-bond acceptors (Lipinski definition) is 6. The largest absolute Gasteiger partial charge is 0.411 e. The summed E-state index contributed by atoms with van der Waals surface area (Å²) in [6, 6.07) is 5.67. The number of halogens is 3. The normalized spacial score (nSPS) is 15.7. The molecule has 0 atom stereocenters. The van der Waals surface area contributed by atoms with Crippen LogP contribution in [0.5, 0.6) is 0 Å². The third kappa shape index (κ3) is 6.11. The van der Waals surface area contributed by atoms with Gasteiger partial charge < -0.3 is 9.64 Å². The summed E-state index contributed by atoms with van der Waals surface area (Å²) in [5, 5.41) is 0. The predicted molar refractivity (Wildman–Crippen MR) is 105 cm³/mol. The summed E-state index contributed by atoms with van der Waals surface area (Å²) in [4.78, 5) is 18.2. The van der Waals surface area contributed by atoms with E-state index >= 15 is 0 Å². The van der Waals surface area contributed by atoms with E-state index in [1.165, 1.54) is 0 Å². The summed E-state index contributed by atoms with van der Waals surface area (Å²) < 4.78 is 40.9. The van der Waals surface area contributed by atoms with Gasteiger partial charge in [-0.1, -0.05) is 6.07 Å². The Morgan fingerprint density at radius 3 is 2.48 bits per heavy atom. The van der Waals surface area contributed by atoms with Crippen molar-refractivity contribution >= 4 is 5.82 Å². The average Bonchev–Trinajstić information content (AvgIpc) is 2.70. The molecule has 2 aromatic heterocycles. The molecule has 1 aliphatic heterocycles. The van der Waals surface area contributed by atoms with Gasteiger partial charge in [-0.05, 0) is 32.4 Å². The quantitative estimate of drug-likeness (QED) is 0.655. The van der Waals surface area contributed by atoms with Gasteiger partial charge in [-0.25, -0.2) is 9.97 Å². The zero-order chi connectivity index (χ0) is 20.9. The van der Waals surface area contributed by atoms with Gasteiger partial charge in [0.25, 0.3) is 0 Å². The molecule has 6 nitrogen and oxygen atoms in total. The van der Waals surface area contributed by atoms with Crippen molar-refractivity contribution in [2.45, 2.75) is 26.4 Å². The monoisotopic (exact) mass is 409 g/mol. The molecular formula is C20H26F3N5O. The molecule has 0 unspecified atom stereocenters. The number of rotatable bonds is 7. The Morgan fingerprint density at radius 1 is 1.07 bits per heavy atom. The van der Waals surface area contributed by atoms with Crippen molar-refractivity contribution in [2.75, 3.05) is 50.8 Å². The summed E-state index contributed by atoms with van der Waals surface area (Å²) in [6.07, 6.45) is -1.94. The van der Waals surface area contributed by atoms with Crippen molar-refractivity contribution in [2.24, 2.45) is 0 Å². The molecule has 0 aliphatic carbocycles. The minimum absolute atomic E-state index is 0.122. The molecular weight excluding hydrogens is 383 g/mol. The Morgan fingerprint density at radius 2 is 1.83 bits per heavy atom. The second kappa shape index (κ2) is 9.49. The lowest BCUT2D eigenvalue weighted by molar-refractivity contribution is -0.174. The molecule has 0 spiro atoms. The van der Waals surface area contributed by atoms with Crippen molar-refractivity contribution in [3.05, 3.63) is 35.7 Å². The Hall–Kier alpha value is -2.26. The van der Waals surface area contributed by atoms with E-state index in [9.17, 15) is 13.2 Å². The Labute approximate surface area is 168 Å². The van der Waals surface area contributed by atoms with Gasteiger partial charge in [0.05, 0.1) is 0 Å². The van der Waals surface area contributed by atoms with Gasteiger partial charge in [-0.15, -0.1) is 0 Å². The third-order valence-corrected chi connectivity index (χ3v) is 4.96. The van der Waals surface area contributed by atoms with Gasteiger partial charge in [0.2, 0.25) is 0 Å². The zero-order valence-corrected chi connectivity index (χ0v) is 16.7. The SMILES string of the molecule is Cc1nc(-c2ccccn2)nc(N2CCN(CCCOCC(F)(F)F)CC2)c1C. The molecule has 29 heavy (non-hydrogen) atoms. The maximum atomic E-state index is 12.1. The molecule has 0 saturated carbocycles. The highest BCUT2D eigenvalue weighted by atomic mass is 19.4.